The van der Waals surface area contributed by atoms with Crippen LogP contribution in [0.4, 0.5) is 0 Å². The molecule has 1 aromatic carbocycles. The molecule has 17 heavy (non-hydrogen) atoms. The lowest BCUT2D eigenvalue weighted by Gasteiger charge is -2.25. The monoisotopic (exact) mass is 315 g/mol. The zero-order chi connectivity index (χ0) is 12.5. The molecule has 0 unspecified atom stereocenters. The molecule has 0 bridgehead atoms. The molecule has 1 aromatic rings. The van der Waals surface area contributed by atoms with Gasteiger partial charge in [0, 0.05) is 5.54 Å². The number of methoxy groups -OCH3 is 1. The number of hydrogen-bond acceptors (Lipinski definition) is 3. The van der Waals surface area contributed by atoms with Gasteiger partial charge in [0.05, 0.1) is 16.5 Å². The van der Waals surface area contributed by atoms with Gasteiger partial charge in [-0.2, -0.15) is 0 Å². The summed E-state index contributed by atoms with van der Waals surface area (Å²) in [5.41, 5.74) is 7.58. The Morgan fingerprint density at radius 3 is 2.53 bits per heavy atom. The summed E-state index contributed by atoms with van der Waals surface area (Å²) >= 11 is 5.27. The normalized spacial score (nSPS) is 18.4. The van der Waals surface area contributed by atoms with E-state index in [4.69, 9.17) is 10.5 Å². The molecule has 0 atom stereocenters. The van der Waals surface area contributed by atoms with E-state index in [1.54, 1.807) is 18.9 Å². The lowest BCUT2D eigenvalue weighted by Crippen LogP contribution is -2.33. The molecular weight excluding hydrogens is 298 g/mol. The van der Waals surface area contributed by atoms with Gasteiger partial charge in [-0.1, -0.05) is 12.8 Å². The standard InChI is InChI=1S/C13H18BrNOS/c1-16-12-10(14)7-9(8-11(12)17-2)13(15)5-3-4-6-13/h7-8H,3-6,15H2,1-2H3. The Labute approximate surface area is 115 Å². The maximum atomic E-state index is 6.49. The fraction of sp³-hybridized carbons (Fsp3) is 0.538. The molecule has 0 heterocycles. The van der Waals surface area contributed by atoms with Crippen LogP contribution in [-0.4, -0.2) is 13.4 Å². The molecule has 2 nitrogen and oxygen atoms in total. The third-order valence-electron chi connectivity index (χ3n) is 3.50. The smallest absolute Gasteiger partial charge is 0.146 e. The molecule has 0 radical (unpaired) electrons. The first-order valence-electron chi connectivity index (χ1n) is 5.81. The first-order valence-corrected chi connectivity index (χ1v) is 7.83. The second kappa shape index (κ2) is 5.21. The van der Waals surface area contributed by atoms with E-state index in [9.17, 15) is 0 Å². The Morgan fingerprint density at radius 2 is 2.00 bits per heavy atom. The van der Waals surface area contributed by atoms with Gasteiger partial charge in [-0.3, -0.25) is 0 Å². The van der Waals surface area contributed by atoms with Crippen molar-refractivity contribution in [3.63, 3.8) is 0 Å². The van der Waals surface area contributed by atoms with Crippen LogP contribution in [0.3, 0.4) is 0 Å². The second-order valence-electron chi connectivity index (χ2n) is 4.56. The van der Waals surface area contributed by atoms with Crippen LogP contribution in [0.15, 0.2) is 21.5 Å². The first kappa shape index (κ1) is 13.2. The number of nitrogens with two attached hydrogens (primary N) is 1. The zero-order valence-electron chi connectivity index (χ0n) is 10.3. The minimum Gasteiger partial charge on any atom is -0.494 e. The van der Waals surface area contributed by atoms with E-state index in [1.165, 1.54) is 18.4 Å². The fourth-order valence-electron chi connectivity index (χ4n) is 2.50. The highest BCUT2D eigenvalue weighted by molar-refractivity contribution is 9.10. The molecule has 2 rings (SSSR count). The molecule has 0 aliphatic heterocycles. The number of rotatable bonds is 3. The summed E-state index contributed by atoms with van der Waals surface area (Å²) in [5, 5.41) is 0. The van der Waals surface area contributed by atoms with Crippen LogP contribution in [0.25, 0.3) is 0 Å². The second-order valence-corrected chi connectivity index (χ2v) is 6.26. The fourth-order valence-corrected chi connectivity index (χ4v) is 3.88. The lowest BCUT2D eigenvalue weighted by atomic mass is 9.89. The molecular formula is C13H18BrNOS. The minimum absolute atomic E-state index is 0.140. The number of halogens is 1. The highest BCUT2D eigenvalue weighted by Gasteiger charge is 2.32. The molecule has 0 amide bonds. The molecule has 1 fully saturated rings. The van der Waals surface area contributed by atoms with Crippen LogP contribution in [0.1, 0.15) is 31.2 Å². The Kier molecular flexibility index (Phi) is 4.06. The lowest BCUT2D eigenvalue weighted by molar-refractivity contribution is 0.399. The average molecular weight is 316 g/mol. The van der Waals surface area contributed by atoms with Gasteiger partial charge in [-0.05, 0) is 52.7 Å². The van der Waals surface area contributed by atoms with Crippen LogP contribution in [0, 0.1) is 0 Å². The number of hydrogen-bond donors (Lipinski definition) is 1. The summed E-state index contributed by atoms with van der Waals surface area (Å²) in [6, 6.07) is 4.30. The summed E-state index contributed by atoms with van der Waals surface area (Å²) in [4.78, 5) is 1.15. The third kappa shape index (κ3) is 2.49. The zero-order valence-corrected chi connectivity index (χ0v) is 12.7. The topological polar surface area (TPSA) is 35.2 Å². The molecule has 1 aliphatic rings. The highest BCUT2D eigenvalue weighted by atomic mass is 79.9. The van der Waals surface area contributed by atoms with Crippen LogP contribution >= 0.6 is 27.7 Å². The SMILES string of the molecule is COc1c(Br)cc(C2(N)CCCC2)cc1SC. The van der Waals surface area contributed by atoms with Crippen molar-refractivity contribution in [2.45, 2.75) is 36.1 Å². The maximum Gasteiger partial charge on any atom is 0.146 e. The molecule has 94 valence electrons. The van der Waals surface area contributed by atoms with Crippen molar-refractivity contribution >= 4 is 27.7 Å². The van der Waals surface area contributed by atoms with E-state index in [2.05, 4.69) is 34.3 Å². The summed E-state index contributed by atoms with van der Waals surface area (Å²) in [5.74, 6) is 0.905. The molecule has 2 N–H and O–H groups in total. The Hall–Kier alpha value is -0.190. The van der Waals surface area contributed by atoms with Crippen molar-refractivity contribution in [3.8, 4) is 5.75 Å². The van der Waals surface area contributed by atoms with Gasteiger partial charge in [0.15, 0.2) is 0 Å². The molecule has 0 aromatic heterocycles. The first-order chi connectivity index (χ1) is 8.10. The third-order valence-corrected chi connectivity index (χ3v) is 4.84. The van der Waals surface area contributed by atoms with Crippen molar-refractivity contribution in [1.29, 1.82) is 0 Å². The quantitative estimate of drug-likeness (QED) is 0.859. The van der Waals surface area contributed by atoms with Crippen molar-refractivity contribution in [2.24, 2.45) is 5.73 Å². The Balaban J connectivity index is 2.46. The predicted octanol–water partition coefficient (Wildman–Crippen LogP) is 3.91. The largest absolute Gasteiger partial charge is 0.494 e. The van der Waals surface area contributed by atoms with Crippen LogP contribution in [0.2, 0.25) is 0 Å². The van der Waals surface area contributed by atoms with Crippen molar-refractivity contribution < 1.29 is 4.74 Å². The van der Waals surface area contributed by atoms with E-state index in [0.29, 0.717) is 0 Å². The van der Waals surface area contributed by atoms with Gasteiger partial charge in [-0.15, -0.1) is 11.8 Å². The van der Waals surface area contributed by atoms with E-state index in [1.807, 2.05) is 0 Å². The average Bonchev–Trinajstić information content (AvgIpc) is 2.76. The summed E-state index contributed by atoms with van der Waals surface area (Å²) in [7, 11) is 1.70. The summed E-state index contributed by atoms with van der Waals surface area (Å²) < 4.78 is 6.41. The van der Waals surface area contributed by atoms with Crippen LogP contribution in [-0.2, 0) is 5.54 Å². The maximum absolute atomic E-state index is 6.49. The summed E-state index contributed by atoms with van der Waals surface area (Å²) in [6.45, 7) is 0. The van der Waals surface area contributed by atoms with E-state index in [0.717, 1.165) is 28.0 Å². The van der Waals surface area contributed by atoms with E-state index < -0.39 is 0 Å². The number of thioether (sulfide) groups is 1. The van der Waals surface area contributed by atoms with Crippen molar-refractivity contribution in [1.82, 2.24) is 0 Å². The van der Waals surface area contributed by atoms with Crippen molar-refractivity contribution in [2.75, 3.05) is 13.4 Å². The van der Waals surface area contributed by atoms with Gasteiger partial charge in [0.1, 0.15) is 5.75 Å². The van der Waals surface area contributed by atoms with Gasteiger partial charge < -0.3 is 10.5 Å². The van der Waals surface area contributed by atoms with Crippen LogP contribution < -0.4 is 10.5 Å². The Morgan fingerprint density at radius 1 is 1.35 bits per heavy atom. The van der Waals surface area contributed by atoms with Gasteiger partial charge in [0.2, 0.25) is 0 Å². The van der Waals surface area contributed by atoms with Crippen LogP contribution in [0.5, 0.6) is 5.75 Å². The molecule has 0 saturated heterocycles. The predicted molar refractivity (Wildman–Crippen MR) is 76.8 cm³/mol. The van der Waals surface area contributed by atoms with Gasteiger partial charge >= 0.3 is 0 Å². The molecule has 1 saturated carbocycles. The minimum atomic E-state index is -0.140. The number of ether oxygens (including phenoxy) is 1. The van der Waals surface area contributed by atoms with Gasteiger partial charge in [0.25, 0.3) is 0 Å². The highest BCUT2D eigenvalue weighted by Crippen LogP contribution is 2.42. The molecule has 1 aliphatic carbocycles. The van der Waals surface area contributed by atoms with Crippen molar-refractivity contribution in [3.05, 3.63) is 22.2 Å². The summed E-state index contributed by atoms with van der Waals surface area (Å²) in [6.07, 6.45) is 6.69. The van der Waals surface area contributed by atoms with E-state index in [-0.39, 0.29) is 5.54 Å². The van der Waals surface area contributed by atoms with Gasteiger partial charge in [-0.25, -0.2) is 0 Å². The van der Waals surface area contributed by atoms with E-state index >= 15 is 0 Å². The Bertz CT molecular complexity index is 416. The molecule has 0 spiro atoms. The number of benzene rings is 1. The molecule has 4 heteroatoms.